The molecule has 322 valence electrons. The number of anilines is 8. The van der Waals surface area contributed by atoms with Gasteiger partial charge in [0.1, 0.15) is 46.6 Å². The number of nitrogens with zero attached hydrogens (tertiary/aromatic N) is 12. The van der Waals surface area contributed by atoms with Gasteiger partial charge in [-0.2, -0.15) is 0 Å². The summed E-state index contributed by atoms with van der Waals surface area (Å²) in [6, 6.07) is 25.5. The Balaban J connectivity index is 1.37. The minimum absolute atomic E-state index is 0.450. The summed E-state index contributed by atoms with van der Waals surface area (Å²) in [5, 5.41) is 0. The van der Waals surface area contributed by atoms with Crippen LogP contribution in [0.3, 0.4) is 0 Å². The largest absolute Gasteiger partial charge is 0.299 e. The van der Waals surface area contributed by atoms with E-state index in [1.807, 2.05) is 24.8 Å². The molecule has 2 aliphatic rings. The van der Waals surface area contributed by atoms with Gasteiger partial charge in [-0.25, -0.2) is 39.9 Å². The lowest BCUT2D eigenvalue weighted by molar-refractivity contribution is 0.536. The van der Waals surface area contributed by atoms with E-state index in [0.29, 0.717) is 0 Å². The highest BCUT2D eigenvalue weighted by atomic mass is 15.6. The summed E-state index contributed by atoms with van der Waals surface area (Å²) in [6.45, 7) is 8.92. The van der Waals surface area contributed by atoms with E-state index in [1.165, 1.54) is 0 Å². The average Bonchev–Trinajstić information content (AvgIpc) is 3.83. The Morgan fingerprint density at radius 2 is 0.581 bits per heavy atom. The number of hydrogen-bond acceptors (Lipinski definition) is 12. The third-order valence-corrected chi connectivity index (χ3v) is 11.9. The molecule has 0 atom stereocenters. The Morgan fingerprint density at radius 3 is 0.806 bits per heavy atom. The molecule has 6 aromatic rings. The normalized spacial score (nSPS) is 13.9. The number of unbranched alkanes of at least 4 members (excludes halogenated alkanes) is 8. The van der Waals surface area contributed by atoms with Crippen molar-refractivity contribution in [1.29, 1.82) is 0 Å². The molecule has 8 rings (SSSR count). The summed E-state index contributed by atoms with van der Waals surface area (Å²) in [7, 11) is 0. The maximum absolute atomic E-state index is 5.37. The van der Waals surface area contributed by atoms with Crippen molar-refractivity contribution in [1.82, 2.24) is 39.9 Å². The molecular weight excluding hydrogens is 769 g/mol. The van der Waals surface area contributed by atoms with E-state index < -0.39 is 12.3 Å². The third kappa shape index (κ3) is 9.24. The van der Waals surface area contributed by atoms with E-state index in [-0.39, 0.29) is 0 Å². The smallest absolute Gasteiger partial charge is 0.154 e. The Kier molecular flexibility index (Phi) is 14.2. The van der Waals surface area contributed by atoms with Crippen LogP contribution in [0.15, 0.2) is 97.6 Å². The minimum atomic E-state index is -0.450. The summed E-state index contributed by atoms with van der Waals surface area (Å²) < 4.78 is 0. The third-order valence-electron chi connectivity index (χ3n) is 11.9. The highest BCUT2D eigenvalue weighted by molar-refractivity contribution is 5.92. The fraction of sp³-hybridized carbons (Fsp3) is 0.440. The Bertz CT molecular complexity index is 2040. The molecule has 0 saturated carbocycles. The van der Waals surface area contributed by atoms with E-state index >= 15 is 0 Å². The molecule has 6 heterocycles. The van der Waals surface area contributed by atoms with Crippen LogP contribution < -0.4 is 19.6 Å². The van der Waals surface area contributed by atoms with Gasteiger partial charge in [0.2, 0.25) is 0 Å². The van der Waals surface area contributed by atoms with Gasteiger partial charge >= 0.3 is 0 Å². The van der Waals surface area contributed by atoms with Crippen molar-refractivity contribution in [3.63, 3.8) is 0 Å². The molecule has 12 nitrogen and oxygen atoms in total. The van der Waals surface area contributed by atoms with Crippen molar-refractivity contribution in [2.24, 2.45) is 0 Å². The van der Waals surface area contributed by atoms with Gasteiger partial charge in [0.25, 0.3) is 0 Å². The zero-order valence-corrected chi connectivity index (χ0v) is 37.1. The SMILES string of the molecule is CCCCCc1nccc(N2c3ccccc3N(c3ccnc(CCCCC)n3)C2C2N(c3ccnc(CCCCC)n3)c3ccccc3N2c2ccnc(CCCCC)n2)n1. The van der Waals surface area contributed by atoms with Crippen LogP contribution in [0.5, 0.6) is 0 Å². The molecule has 0 spiro atoms. The first-order chi connectivity index (χ1) is 30.6. The van der Waals surface area contributed by atoms with Gasteiger partial charge in [-0.1, -0.05) is 103 Å². The molecule has 2 aromatic carbocycles. The Hall–Kier alpha value is -6.04. The van der Waals surface area contributed by atoms with Crippen molar-refractivity contribution in [2.45, 2.75) is 143 Å². The quantitative estimate of drug-likeness (QED) is 0.0643. The van der Waals surface area contributed by atoms with E-state index in [9.17, 15) is 0 Å². The van der Waals surface area contributed by atoms with Crippen LogP contribution in [0.1, 0.15) is 128 Å². The van der Waals surface area contributed by atoms with Crippen molar-refractivity contribution < 1.29 is 0 Å². The second-order valence-corrected chi connectivity index (χ2v) is 16.4. The standard InChI is InChI=1S/C50H62N12/c1-5-9-13-25-41-51-33-29-45(55-41)59-37-21-17-18-22-38(37)60(46-30-34-52-42(56-46)26-14-10-6-2)49(59)50-61(47-31-35-53-43(57-47)27-15-11-7-3)39-23-19-20-24-40(39)62(50)48-32-36-54-44(58-48)28-16-12-8-4/h17-24,29-36,49-50H,5-16,25-28H2,1-4H3. The fourth-order valence-corrected chi connectivity index (χ4v) is 8.82. The molecular formula is C50H62N12. The molecule has 0 amide bonds. The van der Waals surface area contributed by atoms with Crippen LogP contribution in [0.4, 0.5) is 46.0 Å². The number of hydrogen-bond donors (Lipinski definition) is 0. The van der Waals surface area contributed by atoms with Crippen LogP contribution in [0.2, 0.25) is 0 Å². The lowest BCUT2D eigenvalue weighted by Crippen LogP contribution is -2.58. The average molecular weight is 831 g/mol. The minimum Gasteiger partial charge on any atom is -0.299 e. The summed E-state index contributed by atoms with van der Waals surface area (Å²) in [4.78, 5) is 50.2. The second kappa shape index (κ2) is 20.7. The molecule has 12 heteroatoms. The molecule has 0 radical (unpaired) electrons. The summed E-state index contributed by atoms with van der Waals surface area (Å²) in [5.41, 5.74) is 4.12. The van der Waals surface area contributed by atoms with Crippen LogP contribution in [0.25, 0.3) is 0 Å². The fourth-order valence-electron chi connectivity index (χ4n) is 8.82. The van der Waals surface area contributed by atoms with Gasteiger partial charge in [0.05, 0.1) is 22.7 Å². The van der Waals surface area contributed by atoms with Gasteiger partial charge in [-0.3, -0.25) is 19.6 Å². The molecule has 62 heavy (non-hydrogen) atoms. The van der Waals surface area contributed by atoms with Crippen molar-refractivity contribution >= 4 is 46.0 Å². The monoisotopic (exact) mass is 831 g/mol. The first kappa shape index (κ1) is 42.6. The van der Waals surface area contributed by atoms with E-state index in [1.54, 1.807) is 0 Å². The van der Waals surface area contributed by atoms with E-state index in [0.717, 1.165) is 172 Å². The first-order valence-electron chi connectivity index (χ1n) is 23.3. The van der Waals surface area contributed by atoms with Crippen molar-refractivity contribution in [2.75, 3.05) is 19.6 Å². The molecule has 0 saturated heterocycles. The molecule has 4 aromatic heterocycles. The van der Waals surface area contributed by atoms with Crippen LogP contribution in [-0.2, 0) is 25.7 Å². The van der Waals surface area contributed by atoms with Crippen LogP contribution >= 0.6 is 0 Å². The molecule has 0 bridgehead atoms. The van der Waals surface area contributed by atoms with Crippen LogP contribution in [-0.4, -0.2) is 52.2 Å². The van der Waals surface area contributed by atoms with Gasteiger partial charge in [0, 0.05) is 50.5 Å². The van der Waals surface area contributed by atoms with Gasteiger partial charge in [-0.05, 0) is 74.2 Å². The van der Waals surface area contributed by atoms with Crippen LogP contribution in [0, 0.1) is 0 Å². The summed E-state index contributed by atoms with van der Waals surface area (Å²) in [6.07, 6.45) is 23.3. The van der Waals surface area contributed by atoms with Gasteiger partial charge in [0.15, 0.2) is 12.3 Å². The zero-order valence-electron chi connectivity index (χ0n) is 37.1. The first-order valence-corrected chi connectivity index (χ1v) is 23.3. The number of aryl methyl sites for hydroxylation is 4. The second-order valence-electron chi connectivity index (χ2n) is 16.4. The number of rotatable bonds is 21. The molecule has 0 fully saturated rings. The highest BCUT2D eigenvalue weighted by Gasteiger charge is 2.53. The number of benzene rings is 2. The zero-order chi connectivity index (χ0) is 42.7. The van der Waals surface area contributed by atoms with Gasteiger partial charge in [-0.15, -0.1) is 0 Å². The van der Waals surface area contributed by atoms with Crippen molar-refractivity contribution in [3.8, 4) is 0 Å². The molecule has 2 aliphatic heterocycles. The molecule has 0 N–H and O–H groups in total. The highest BCUT2D eigenvalue weighted by Crippen LogP contribution is 2.55. The number of aromatic nitrogens is 8. The topological polar surface area (TPSA) is 116 Å². The maximum atomic E-state index is 5.37. The molecule has 0 unspecified atom stereocenters. The number of fused-ring (bicyclic) bond motifs is 2. The molecule has 0 aliphatic carbocycles. The predicted molar refractivity (Wildman–Crippen MR) is 250 cm³/mol. The summed E-state index contributed by atoms with van der Waals surface area (Å²) in [5.74, 6) is 6.67. The van der Waals surface area contributed by atoms with Crippen molar-refractivity contribution in [3.05, 3.63) is 121 Å². The van der Waals surface area contributed by atoms with E-state index in [4.69, 9.17) is 39.9 Å². The van der Waals surface area contributed by atoms with Gasteiger partial charge < -0.3 is 0 Å². The van der Waals surface area contributed by atoms with E-state index in [2.05, 4.69) is 120 Å². The lowest BCUT2D eigenvalue weighted by atomic mass is 10.2. The lowest BCUT2D eigenvalue weighted by Gasteiger charge is -2.43. The Morgan fingerprint density at radius 1 is 0.339 bits per heavy atom. The maximum Gasteiger partial charge on any atom is 0.154 e. The predicted octanol–water partition coefficient (Wildman–Crippen LogP) is 11.7. The summed E-state index contributed by atoms with van der Waals surface area (Å²) >= 11 is 0. The number of para-hydroxylation sites is 4. The Labute approximate surface area is 368 Å².